The van der Waals surface area contributed by atoms with Gasteiger partial charge in [-0.2, -0.15) is 4.31 Å². The maximum absolute atomic E-state index is 13.3. The second-order valence-electron chi connectivity index (χ2n) is 7.30. The molecule has 0 saturated carbocycles. The van der Waals surface area contributed by atoms with Crippen LogP contribution in [0.3, 0.4) is 0 Å². The molecule has 0 unspecified atom stereocenters. The van der Waals surface area contributed by atoms with Crippen LogP contribution < -0.4 is 14.8 Å². The fraction of sp³-hybridized carbons (Fsp3) is 0.381. The number of rotatable bonds is 3. The molecule has 2 aliphatic rings. The van der Waals surface area contributed by atoms with Crippen LogP contribution in [0.25, 0.3) is 0 Å². The van der Waals surface area contributed by atoms with E-state index in [1.54, 1.807) is 12.1 Å². The van der Waals surface area contributed by atoms with Crippen LogP contribution in [-0.2, 0) is 21.2 Å². The lowest BCUT2D eigenvalue weighted by molar-refractivity contribution is -0.114. The quantitative estimate of drug-likeness (QED) is 0.831. The number of fused-ring (bicyclic) bond motifs is 2. The number of carbonyl (C=O) groups is 1. The van der Waals surface area contributed by atoms with E-state index in [4.69, 9.17) is 9.47 Å². The Morgan fingerprint density at radius 3 is 2.41 bits per heavy atom. The summed E-state index contributed by atoms with van der Waals surface area (Å²) in [6.07, 6.45) is 1.43. The van der Waals surface area contributed by atoms with Crippen LogP contribution in [0.2, 0.25) is 0 Å². The molecule has 0 fully saturated rings. The zero-order valence-electron chi connectivity index (χ0n) is 16.5. The minimum atomic E-state index is -3.68. The topological polar surface area (TPSA) is 84.9 Å². The standard InChI is InChI=1S/C21H24N2O5S/c1-14-19-13-21-20(27-10-3-11-28-21)12-16(19)8-9-23(14)29(25,26)18-6-4-17(5-7-18)22-15(2)24/h4-7,12-14H,3,8-11H2,1-2H3,(H,22,24)/t14-/m1/s1. The van der Waals surface area contributed by atoms with E-state index in [2.05, 4.69) is 5.32 Å². The first-order valence-electron chi connectivity index (χ1n) is 9.68. The number of carbonyl (C=O) groups excluding carboxylic acids is 1. The van der Waals surface area contributed by atoms with Crippen molar-refractivity contribution in [2.45, 2.75) is 37.6 Å². The highest BCUT2D eigenvalue weighted by atomic mass is 32.2. The normalized spacial score (nSPS) is 19.2. The Labute approximate surface area is 170 Å². The summed E-state index contributed by atoms with van der Waals surface area (Å²) in [6, 6.07) is 9.83. The maximum atomic E-state index is 13.3. The largest absolute Gasteiger partial charge is 0.490 e. The molecular weight excluding hydrogens is 392 g/mol. The van der Waals surface area contributed by atoms with Crippen LogP contribution in [0.5, 0.6) is 11.5 Å². The molecule has 0 bridgehead atoms. The lowest BCUT2D eigenvalue weighted by Gasteiger charge is -2.34. The Morgan fingerprint density at radius 2 is 1.76 bits per heavy atom. The fourth-order valence-corrected chi connectivity index (χ4v) is 5.44. The van der Waals surface area contributed by atoms with Crippen molar-refractivity contribution < 1.29 is 22.7 Å². The summed E-state index contributed by atoms with van der Waals surface area (Å²) in [5.41, 5.74) is 2.60. The van der Waals surface area contributed by atoms with Crippen LogP contribution in [0.15, 0.2) is 41.3 Å². The fourth-order valence-electron chi connectivity index (χ4n) is 3.83. The number of nitrogens with one attached hydrogen (secondary N) is 1. The summed E-state index contributed by atoms with van der Waals surface area (Å²) in [6.45, 7) is 4.90. The summed E-state index contributed by atoms with van der Waals surface area (Å²) in [7, 11) is -3.68. The maximum Gasteiger partial charge on any atom is 0.243 e. The Kier molecular flexibility index (Phi) is 5.23. The zero-order valence-corrected chi connectivity index (χ0v) is 17.3. The smallest absolute Gasteiger partial charge is 0.243 e. The van der Waals surface area contributed by atoms with Crippen molar-refractivity contribution in [3.05, 3.63) is 47.5 Å². The molecule has 2 aliphatic heterocycles. The van der Waals surface area contributed by atoms with Crippen LogP contribution in [-0.4, -0.2) is 38.4 Å². The molecule has 154 valence electrons. The third kappa shape index (κ3) is 3.82. The molecule has 2 heterocycles. The molecule has 2 aromatic carbocycles. The van der Waals surface area contributed by atoms with Gasteiger partial charge in [-0.05, 0) is 60.9 Å². The van der Waals surface area contributed by atoms with E-state index in [9.17, 15) is 13.2 Å². The molecule has 29 heavy (non-hydrogen) atoms. The van der Waals surface area contributed by atoms with Crippen LogP contribution in [0, 0.1) is 0 Å². The average Bonchev–Trinajstić information content (AvgIpc) is 2.91. The molecular formula is C21H24N2O5S. The van der Waals surface area contributed by atoms with Gasteiger partial charge >= 0.3 is 0 Å². The van der Waals surface area contributed by atoms with Gasteiger partial charge in [-0.15, -0.1) is 0 Å². The summed E-state index contributed by atoms with van der Waals surface area (Å²) in [4.78, 5) is 11.4. The second-order valence-corrected chi connectivity index (χ2v) is 9.19. The second kappa shape index (κ2) is 7.68. The van der Waals surface area contributed by atoms with Crippen molar-refractivity contribution in [1.29, 1.82) is 0 Å². The first kappa shape index (κ1) is 19.7. The number of anilines is 1. The van der Waals surface area contributed by atoms with E-state index < -0.39 is 10.0 Å². The van der Waals surface area contributed by atoms with E-state index >= 15 is 0 Å². The number of nitrogens with zero attached hydrogens (tertiary/aromatic N) is 1. The minimum Gasteiger partial charge on any atom is -0.490 e. The average molecular weight is 416 g/mol. The van der Waals surface area contributed by atoms with Gasteiger partial charge in [-0.25, -0.2) is 8.42 Å². The number of ether oxygens (including phenoxy) is 2. The summed E-state index contributed by atoms with van der Waals surface area (Å²) < 4.78 is 39.6. The number of benzene rings is 2. The number of hydrogen-bond donors (Lipinski definition) is 1. The molecule has 1 amide bonds. The zero-order chi connectivity index (χ0) is 20.6. The van der Waals surface area contributed by atoms with Gasteiger partial charge < -0.3 is 14.8 Å². The van der Waals surface area contributed by atoms with Gasteiger partial charge in [0.1, 0.15) is 0 Å². The minimum absolute atomic E-state index is 0.202. The van der Waals surface area contributed by atoms with Gasteiger partial charge in [-0.1, -0.05) is 0 Å². The number of amides is 1. The highest BCUT2D eigenvalue weighted by molar-refractivity contribution is 7.89. The van der Waals surface area contributed by atoms with E-state index in [0.29, 0.717) is 37.6 Å². The highest BCUT2D eigenvalue weighted by Gasteiger charge is 2.35. The lowest BCUT2D eigenvalue weighted by atomic mass is 9.94. The Balaban J connectivity index is 1.63. The molecule has 0 saturated heterocycles. The first-order valence-corrected chi connectivity index (χ1v) is 11.1. The van der Waals surface area contributed by atoms with Gasteiger partial charge in [0.05, 0.1) is 18.1 Å². The number of sulfonamides is 1. The third-order valence-corrected chi connectivity index (χ3v) is 7.26. The summed E-state index contributed by atoms with van der Waals surface area (Å²) >= 11 is 0. The van der Waals surface area contributed by atoms with Crippen molar-refractivity contribution >= 4 is 21.6 Å². The Hall–Kier alpha value is -2.58. The monoisotopic (exact) mass is 416 g/mol. The molecule has 7 nitrogen and oxygen atoms in total. The molecule has 1 N–H and O–H groups in total. The van der Waals surface area contributed by atoms with Crippen LogP contribution >= 0.6 is 0 Å². The Bertz CT molecular complexity index is 1030. The SMILES string of the molecule is CC(=O)Nc1ccc(S(=O)(=O)N2CCc3cc4c(cc3[C@H]2C)OCCCO4)cc1. The lowest BCUT2D eigenvalue weighted by Crippen LogP contribution is -2.38. The van der Waals surface area contributed by atoms with Gasteiger partial charge in [0.25, 0.3) is 0 Å². The molecule has 8 heteroatoms. The van der Waals surface area contributed by atoms with E-state index in [-0.39, 0.29) is 16.8 Å². The van der Waals surface area contributed by atoms with Crippen molar-refractivity contribution in [2.75, 3.05) is 25.1 Å². The van der Waals surface area contributed by atoms with E-state index in [1.807, 2.05) is 19.1 Å². The van der Waals surface area contributed by atoms with Gasteiger partial charge in [0, 0.05) is 31.6 Å². The third-order valence-electron chi connectivity index (χ3n) is 5.27. The van der Waals surface area contributed by atoms with Gasteiger partial charge in [-0.3, -0.25) is 4.79 Å². The molecule has 1 atom stereocenters. The number of hydrogen-bond acceptors (Lipinski definition) is 5. The van der Waals surface area contributed by atoms with Gasteiger partial charge in [0.2, 0.25) is 15.9 Å². The molecule has 2 aromatic rings. The van der Waals surface area contributed by atoms with Crippen molar-refractivity contribution in [3.63, 3.8) is 0 Å². The highest BCUT2D eigenvalue weighted by Crippen LogP contribution is 2.40. The van der Waals surface area contributed by atoms with Crippen LogP contribution in [0.1, 0.15) is 37.4 Å². The molecule has 0 radical (unpaired) electrons. The molecule has 0 aliphatic carbocycles. The molecule has 0 spiro atoms. The molecule has 4 rings (SSSR count). The first-order chi connectivity index (χ1) is 13.9. The predicted molar refractivity (Wildman–Crippen MR) is 109 cm³/mol. The van der Waals surface area contributed by atoms with Crippen molar-refractivity contribution in [2.24, 2.45) is 0 Å². The van der Waals surface area contributed by atoms with Crippen LogP contribution in [0.4, 0.5) is 5.69 Å². The van der Waals surface area contributed by atoms with Crippen molar-refractivity contribution in [3.8, 4) is 11.5 Å². The predicted octanol–water partition coefficient (Wildman–Crippen LogP) is 3.11. The van der Waals surface area contributed by atoms with Crippen molar-refractivity contribution in [1.82, 2.24) is 4.31 Å². The van der Waals surface area contributed by atoms with Gasteiger partial charge in [0.15, 0.2) is 11.5 Å². The van der Waals surface area contributed by atoms with E-state index in [0.717, 1.165) is 23.3 Å². The van der Waals surface area contributed by atoms with E-state index in [1.165, 1.54) is 23.4 Å². The summed E-state index contributed by atoms with van der Waals surface area (Å²) in [5.74, 6) is 1.21. The summed E-state index contributed by atoms with van der Waals surface area (Å²) in [5, 5.41) is 2.65. The Morgan fingerprint density at radius 1 is 1.10 bits per heavy atom. The molecule has 0 aromatic heterocycles.